The van der Waals surface area contributed by atoms with Crippen LogP contribution in [0.5, 0.6) is 0 Å². The van der Waals surface area contributed by atoms with Gasteiger partial charge in [0.1, 0.15) is 0 Å². The molecule has 0 amide bonds. The molecule has 2 heteroatoms. The van der Waals surface area contributed by atoms with Crippen molar-refractivity contribution >= 4 is 0 Å². The quantitative estimate of drug-likeness (QED) is 0.609. The van der Waals surface area contributed by atoms with Crippen LogP contribution in [0.4, 0.5) is 0 Å². The summed E-state index contributed by atoms with van der Waals surface area (Å²) in [6.07, 6.45) is 5.16. The van der Waals surface area contributed by atoms with Crippen molar-refractivity contribution in [3.8, 4) is 0 Å². The summed E-state index contributed by atoms with van der Waals surface area (Å²) < 4.78 is 0. The average Bonchev–Trinajstić information content (AvgIpc) is 2.44. The second kappa shape index (κ2) is 8.92. The van der Waals surface area contributed by atoms with Crippen molar-refractivity contribution in [2.24, 2.45) is 5.73 Å². The van der Waals surface area contributed by atoms with Crippen molar-refractivity contribution in [3.63, 3.8) is 0 Å². The maximum absolute atomic E-state index is 5.14. The van der Waals surface area contributed by atoms with Crippen LogP contribution in [-0.2, 0) is 0 Å². The minimum Gasteiger partial charge on any atom is -0.330 e. The Morgan fingerprint density at radius 2 is 1.90 bits per heavy atom. The van der Waals surface area contributed by atoms with Gasteiger partial charge in [0.15, 0.2) is 0 Å². The van der Waals surface area contributed by atoms with Crippen LogP contribution in [0.15, 0.2) is 0 Å². The predicted octanol–water partition coefficient (Wildman–Crippen LogP) is 1.11. The summed E-state index contributed by atoms with van der Waals surface area (Å²) in [4.78, 5) is 0. The summed E-state index contributed by atoms with van der Waals surface area (Å²) in [5.41, 5.74) is 5.14. The smallest absolute Gasteiger partial charge is 0.00484 e. The fraction of sp³-hybridized carbons (Fsp3) is 1.00. The highest BCUT2D eigenvalue weighted by Crippen LogP contribution is 1.90. The van der Waals surface area contributed by atoms with E-state index in [1.54, 1.807) is 0 Å². The first-order chi connectivity index (χ1) is 4.91. The zero-order valence-electron chi connectivity index (χ0n) is 7.03. The second-order valence-electron chi connectivity index (χ2n) is 2.60. The third-order valence-corrected chi connectivity index (χ3v) is 1.51. The molecule has 1 saturated heterocycles. The number of hydrogen-bond acceptors (Lipinski definition) is 2. The Kier molecular flexibility index (Phi) is 8.85. The zero-order chi connectivity index (χ0) is 7.66. The van der Waals surface area contributed by atoms with Crippen molar-refractivity contribution in [1.82, 2.24) is 5.32 Å². The van der Waals surface area contributed by atoms with Crippen LogP contribution in [0.3, 0.4) is 0 Å². The van der Waals surface area contributed by atoms with E-state index in [2.05, 4.69) is 12.2 Å². The lowest BCUT2D eigenvalue weighted by molar-refractivity contribution is 0.807. The summed E-state index contributed by atoms with van der Waals surface area (Å²) in [5.74, 6) is 0. The molecule has 0 saturated carbocycles. The summed E-state index contributed by atoms with van der Waals surface area (Å²) in [6, 6.07) is 0. The SMILES string of the molecule is C1CCNC1.CCCCN. The maximum atomic E-state index is 5.14. The molecule has 0 aromatic heterocycles. The molecular weight excluding hydrogens is 124 g/mol. The van der Waals surface area contributed by atoms with Crippen LogP contribution >= 0.6 is 0 Å². The number of nitrogens with two attached hydrogens (primary N) is 1. The molecule has 1 rings (SSSR count). The largest absolute Gasteiger partial charge is 0.330 e. The first-order valence-corrected chi connectivity index (χ1v) is 4.32. The number of rotatable bonds is 2. The molecular formula is C8H20N2. The van der Waals surface area contributed by atoms with E-state index in [1.807, 2.05) is 0 Å². The molecule has 0 unspecified atom stereocenters. The minimum absolute atomic E-state index is 0.844. The molecule has 1 aliphatic rings. The van der Waals surface area contributed by atoms with E-state index in [0.717, 1.165) is 6.54 Å². The van der Waals surface area contributed by atoms with Gasteiger partial charge in [-0.15, -0.1) is 0 Å². The summed E-state index contributed by atoms with van der Waals surface area (Å²) in [6.45, 7) is 5.48. The van der Waals surface area contributed by atoms with Crippen LogP contribution in [0, 0.1) is 0 Å². The van der Waals surface area contributed by atoms with Crippen LogP contribution in [0.1, 0.15) is 32.6 Å². The molecule has 0 radical (unpaired) electrons. The van der Waals surface area contributed by atoms with Gasteiger partial charge in [-0.05, 0) is 38.9 Å². The molecule has 0 aliphatic carbocycles. The van der Waals surface area contributed by atoms with Crippen LogP contribution < -0.4 is 11.1 Å². The highest BCUT2D eigenvalue weighted by atomic mass is 14.9. The Balaban J connectivity index is 0.000000162. The van der Waals surface area contributed by atoms with Gasteiger partial charge in [-0.3, -0.25) is 0 Å². The Morgan fingerprint density at radius 1 is 1.30 bits per heavy atom. The molecule has 1 fully saturated rings. The van der Waals surface area contributed by atoms with Crippen LogP contribution in [-0.4, -0.2) is 19.6 Å². The molecule has 0 aromatic rings. The summed E-state index contributed by atoms with van der Waals surface area (Å²) in [7, 11) is 0. The monoisotopic (exact) mass is 144 g/mol. The first kappa shape index (κ1) is 9.92. The topological polar surface area (TPSA) is 38.0 Å². The van der Waals surface area contributed by atoms with Gasteiger partial charge in [0.2, 0.25) is 0 Å². The van der Waals surface area contributed by atoms with E-state index in [-0.39, 0.29) is 0 Å². The number of nitrogens with one attached hydrogen (secondary N) is 1. The van der Waals surface area contributed by atoms with E-state index in [0.29, 0.717) is 0 Å². The highest BCUT2D eigenvalue weighted by Gasteiger charge is 1.93. The maximum Gasteiger partial charge on any atom is -0.00484 e. The van der Waals surface area contributed by atoms with Gasteiger partial charge in [-0.2, -0.15) is 0 Å². The van der Waals surface area contributed by atoms with Gasteiger partial charge < -0.3 is 11.1 Å². The lowest BCUT2D eigenvalue weighted by atomic mass is 10.3. The van der Waals surface area contributed by atoms with E-state index < -0.39 is 0 Å². The first-order valence-electron chi connectivity index (χ1n) is 4.32. The molecule has 2 nitrogen and oxygen atoms in total. The van der Waals surface area contributed by atoms with Gasteiger partial charge in [0, 0.05) is 0 Å². The van der Waals surface area contributed by atoms with E-state index in [9.17, 15) is 0 Å². The van der Waals surface area contributed by atoms with Crippen molar-refractivity contribution in [2.75, 3.05) is 19.6 Å². The van der Waals surface area contributed by atoms with Crippen LogP contribution in [0.2, 0.25) is 0 Å². The molecule has 0 aromatic carbocycles. The fourth-order valence-electron chi connectivity index (χ4n) is 0.829. The Labute approximate surface area is 64.2 Å². The fourth-order valence-corrected chi connectivity index (χ4v) is 0.829. The van der Waals surface area contributed by atoms with Gasteiger partial charge in [0.05, 0.1) is 0 Å². The lowest BCUT2D eigenvalue weighted by Gasteiger charge is -1.80. The number of unbranched alkanes of at least 4 members (excludes halogenated alkanes) is 1. The molecule has 0 atom stereocenters. The van der Waals surface area contributed by atoms with Gasteiger partial charge in [-0.25, -0.2) is 0 Å². The van der Waals surface area contributed by atoms with Gasteiger partial charge in [0.25, 0.3) is 0 Å². The van der Waals surface area contributed by atoms with Gasteiger partial charge >= 0.3 is 0 Å². The third kappa shape index (κ3) is 7.92. The minimum atomic E-state index is 0.844. The van der Waals surface area contributed by atoms with E-state index in [1.165, 1.54) is 38.8 Å². The zero-order valence-corrected chi connectivity index (χ0v) is 7.03. The standard InChI is InChI=1S/C4H9N.C4H11N/c1-2-4-5-3-1;1-2-3-4-5/h5H,1-4H2;2-5H2,1H3. The summed E-state index contributed by atoms with van der Waals surface area (Å²) in [5, 5.41) is 3.22. The molecule has 10 heavy (non-hydrogen) atoms. The molecule has 3 N–H and O–H groups in total. The van der Waals surface area contributed by atoms with Crippen molar-refractivity contribution < 1.29 is 0 Å². The third-order valence-electron chi connectivity index (χ3n) is 1.51. The Bertz CT molecular complexity index is 41.6. The molecule has 62 valence electrons. The average molecular weight is 144 g/mol. The Morgan fingerprint density at radius 3 is 2.00 bits per heavy atom. The number of hydrogen-bond donors (Lipinski definition) is 2. The van der Waals surface area contributed by atoms with Crippen molar-refractivity contribution in [3.05, 3.63) is 0 Å². The molecule has 1 heterocycles. The van der Waals surface area contributed by atoms with E-state index >= 15 is 0 Å². The molecule has 0 spiro atoms. The summed E-state index contributed by atoms with van der Waals surface area (Å²) >= 11 is 0. The molecule has 0 bridgehead atoms. The van der Waals surface area contributed by atoms with Crippen molar-refractivity contribution in [2.45, 2.75) is 32.6 Å². The molecule has 1 aliphatic heterocycles. The van der Waals surface area contributed by atoms with Crippen molar-refractivity contribution in [1.29, 1.82) is 0 Å². The normalized spacial score (nSPS) is 16.2. The lowest BCUT2D eigenvalue weighted by Crippen LogP contribution is -2.03. The second-order valence-corrected chi connectivity index (χ2v) is 2.60. The van der Waals surface area contributed by atoms with Crippen LogP contribution in [0.25, 0.3) is 0 Å². The highest BCUT2D eigenvalue weighted by molar-refractivity contribution is 4.55. The predicted molar refractivity (Wildman–Crippen MR) is 46.1 cm³/mol. The van der Waals surface area contributed by atoms with Gasteiger partial charge in [-0.1, -0.05) is 13.3 Å². The Hall–Kier alpha value is -0.0800. The van der Waals surface area contributed by atoms with E-state index in [4.69, 9.17) is 5.73 Å².